The normalized spacial score (nSPS) is 9.08. The lowest BCUT2D eigenvalue weighted by Crippen LogP contribution is -2.18. The second-order valence-corrected chi connectivity index (χ2v) is 2.34. The van der Waals surface area contributed by atoms with Gasteiger partial charge in [0.05, 0.1) is 0 Å². The Balaban J connectivity index is 2.95. The minimum Gasteiger partial charge on any atom is -0.247 e. The lowest BCUT2D eigenvalue weighted by atomic mass is 10.4. The van der Waals surface area contributed by atoms with Gasteiger partial charge < -0.3 is 0 Å². The first-order chi connectivity index (χ1) is 5.77. The fourth-order valence-electron chi connectivity index (χ4n) is 0.823. The lowest BCUT2D eigenvalue weighted by molar-refractivity contribution is 0.936. The molecule has 1 aromatic rings. The minimum absolute atomic E-state index is 0.472. The summed E-state index contributed by atoms with van der Waals surface area (Å²) in [5.74, 6) is 0.472. The molecule has 62 valence electrons. The van der Waals surface area contributed by atoms with Gasteiger partial charge in [0.25, 0.3) is 0 Å². The van der Waals surface area contributed by atoms with Gasteiger partial charge in [-0.25, -0.2) is 14.9 Å². The molecule has 0 spiro atoms. The monoisotopic (exact) mass is 162 g/mol. The molecule has 0 aliphatic carbocycles. The molecule has 1 rings (SSSR count). The molecule has 4 heteroatoms. The molecule has 0 aromatic carbocycles. The van der Waals surface area contributed by atoms with Gasteiger partial charge in [0.2, 0.25) is 5.95 Å². The molecule has 1 heterocycles. The summed E-state index contributed by atoms with van der Waals surface area (Å²) in [4.78, 5) is 9.52. The van der Waals surface area contributed by atoms with E-state index in [4.69, 9.17) is 5.26 Å². The van der Waals surface area contributed by atoms with Gasteiger partial charge in [-0.1, -0.05) is 0 Å². The number of hydrogen-bond acceptors (Lipinski definition) is 4. The first kappa shape index (κ1) is 8.47. The molecule has 0 fully saturated rings. The molecule has 0 N–H and O–H groups in total. The van der Waals surface area contributed by atoms with Crippen LogP contribution in [0.4, 0.5) is 5.95 Å². The van der Waals surface area contributed by atoms with Crippen LogP contribution < -0.4 is 4.90 Å². The number of aryl methyl sites for hydroxylation is 1. The second kappa shape index (κ2) is 3.67. The van der Waals surface area contributed by atoms with Gasteiger partial charge in [-0.15, -0.1) is 0 Å². The SMILES string of the molecule is CCN(C#N)c1nccc(C)n1. The van der Waals surface area contributed by atoms with Gasteiger partial charge in [0.1, 0.15) is 0 Å². The summed E-state index contributed by atoms with van der Waals surface area (Å²) in [7, 11) is 0. The highest BCUT2D eigenvalue weighted by Gasteiger charge is 2.04. The second-order valence-electron chi connectivity index (χ2n) is 2.34. The van der Waals surface area contributed by atoms with Crippen LogP contribution >= 0.6 is 0 Å². The molecule has 0 saturated heterocycles. The van der Waals surface area contributed by atoms with E-state index in [1.807, 2.05) is 20.0 Å². The Labute approximate surface area is 71.5 Å². The smallest absolute Gasteiger partial charge is 0.238 e. The maximum atomic E-state index is 8.67. The molecular weight excluding hydrogens is 152 g/mol. The molecule has 4 nitrogen and oxygen atoms in total. The van der Waals surface area contributed by atoms with Crippen molar-refractivity contribution in [2.45, 2.75) is 13.8 Å². The zero-order valence-electron chi connectivity index (χ0n) is 7.15. The van der Waals surface area contributed by atoms with Crippen molar-refractivity contribution in [3.05, 3.63) is 18.0 Å². The van der Waals surface area contributed by atoms with E-state index in [1.54, 1.807) is 12.3 Å². The van der Waals surface area contributed by atoms with Gasteiger partial charge >= 0.3 is 0 Å². The molecule has 0 saturated carbocycles. The number of nitriles is 1. The van der Waals surface area contributed by atoms with Crippen molar-refractivity contribution in [3.8, 4) is 6.19 Å². The van der Waals surface area contributed by atoms with Gasteiger partial charge in [0, 0.05) is 18.4 Å². The van der Waals surface area contributed by atoms with E-state index >= 15 is 0 Å². The zero-order valence-corrected chi connectivity index (χ0v) is 7.15. The molecule has 0 radical (unpaired) electrons. The standard InChI is InChI=1S/C8H10N4/c1-3-12(6-9)8-10-5-4-7(2)11-8/h4-5H,3H2,1-2H3. The Morgan fingerprint density at radius 3 is 2.92 bits per heavy atom. The Bertz CT molecular complexity index is 302. The third-order valence-corrected chi connectivity index (χ3v) is 1.46. The predicted molar refractivity (Wildman–Crippen MR) is 45.4 cm³/mol. The minimum atomic E-state index is 0.472. The van der Waals surface area contributed by atoms with Crippen molar-refractivity contribution in [2.24, 2.45) is 0 Å². The maximum absolute atomic E-state index is 8.67. The summed E-state index contributed by atoms with van der Waals surface area (Å²) in [6.45, 7) is 4.35. The summed E-state index contributed by atoms with van der Waals surface area (Å²) in [5.41, 5.74) is 0.869. The van der Waals surface area contributed by atoms with Crippen LogP contribution in [0.3, 0.4) is 0 Å². The predicted octanol–water partition coefficient (Wildman–Crippen LogP) is 1.09. The molecule has 12 heavy (non-hydrogen) atoms. The Hall–Kier alpha value is -1.63. The van der Waals surface area contributed by atoms with Crippen LogP contribution in [0.5, 0.6) is 0 Å². The zero-order chi connectivity index (χ0) is 8.97. The number of nitrogens with zero attached hydrogens (tertiary/aromatic N) is 4. The number of rotatable bonds is 2. The average molecular weight is 162 g/mol. The third-order valence-electron chi connectivity index (χ3n) is 1.46. The Morgan fingerprint density at radius 1 is 1.67 bits per heavy atom. The fraction of sp³-hybridized carbons (Fsp3) is 0.375. The van der Waals surface area contributed by atoms with Gasteiger partial charge in [-0.05, 0) is 19.9 Å². The van der Waals surface area contributed by atoms with Crippen LogP contribution in [0, 0.1) is 18.4 Å². The van der Waals surface area contributed by atoms with Gasteiger partial charge in [-0.2, -0.15) is 5.26 Å². The quantitative estimate of drug-likeness (QED) is 0.482. The van der Waals surface area contributed by atoms with E-state index in [2.05, 4.69) is 9.97 Å². The van der Waals surface area contributed by atoms with Crippen molar-refractivity contribution in [2.75, 3.05) is 11.4 Å². The fourth-order valence-corrected chi connectivity index (χ4v) is 0.823. The first-order valence-electron chi connectivity index (χ1n) is 3.75. The first-order valence-corrected chi connectivity index (χ1v) is 3.75. The molecule has 0 bridgehead atoms. The summed E-state index contributed by atoms with van der Waals surface area (Å²) < 4.78 is 0. The maximum Gasteiger partial charge on any atom is 0.238 e. The van der Waals surface area contributed by atoms with Crippen LogP contribution in [-0.4, -0.2) is 16.5 Å². The highest BCUT2D eigenvalue weighted by atomic mass is 15.2. The number of hydrogen-bond donors (Lipinski definition) is 0. The highest BCUT2D eigenvalue weighted by molar-refractivity contribution is 5.35. The number of anilines is 1. The molecular formula is C8H10N4. The lowest BCUT2D eigenvalue weighted by Gasteiger charge is -2.09. The van der Waals surface area contributed by atoms with E-state index in [0.29, 0.717) is 12.5 Å². The summed E-state index contributed by atoms with van der Waals surface area (Å²) in [5, 5.41) is 8.67. The van der Waals surface area contributed by atoms with E-state index < -0.39 is 0 Å². The summed E-state index contributed by atoms with van der Waals surface area (Å²) >= 11 is 0. The molecule has 1 aromatic heterocycles. The molecule has 0 amide bonds. The van der Waals surface area contributed by atoms with Crippen molar-refractivity contribution in [1.82, 2.24) is 9.97 Å². The molecule has 0 atom stereocenters. The topological polar surface area (TPSA) is 52.8 Å². The third kappa shape index (κ3) is 1.70. The largest absolute Gasteiger partial charge is 0.247 e. The van der Waals surface area contributed by atoms with Crippen molar-refractivity contribution in [3.63, 3.8) is 0 Å². The van der Waals surface area contributed by atoms with Crippen molar-refractivity contribution < 1.29 is 0 Å². The van der Waals surface area contributed by atoms with E-state index in [-0.39, 0.29) is 0 Å². The van der Waals surface area contributed by atoms with E-state index in [9.17, 15) is 0 Å². The molecule has 0 unspecified atom stereocenters. The van der Waals surface area contributed by atoms with Crippen LogP contribution in [0.15, 0.2) is 12.3 Å². The Morgan fingerprint density at radius 2 is 2.42 bits per heavy atom. The van der Waals surface area contributed by atoms with Crippen LogP contribution in [-0.2, 0) is 0 Å². The van der Waals surface area contributed by atoms with Crippen molar-refractivity contribution in [1.29, 1.82) is 5.26 Å². The highest BCUT2D eigenvalue weighted by Crippen LogP contribution is 2.04. The molecule has 0 aliphatic heterocycles. The molecule has 0 aliphatic rings. The Kier molecular flexibility index (Phi) is 2.59. The van der Waals surface area contributed by atoms with Gasteiger partial charge in [-0.3, -0.25) is 0 Å². The van der Waals surface area contributed by atoms with E-state index in [1.165, 1.54) is 4.90 Å². The number of aromatic nitrogens is 2. The van der Waals surface area contributed by atoms with E-state index in [0.717, 1.165) is 5.69 Å². The van der Waals surface area contributed by atoms with Crippen LogP contribution in [0.25, 0.3) is 0 Å². The average Bonchev–Trinajstić information content (AvgIpc) is 2.07. The summed E-state index contributed by atoms with van der Waals surface area (Å²) in [6, 6.07) is 1.80. The van der Waals surface area contributed by atoms with Gasteiger partial charge in [0.15, 0.2) is 6.19 Å². The summed E-state index contributed by atoms with van der Waals surface area (Å²) in [6.07, 6.45) is 3.65. The van der Waals surface area contributed by atoms with Crippen LogP contribution in [0.1, 0.15) is 12.6 Å². The van der Waals surface area contributed by atoms with Crippen LogP contribution in [0.2, 0.25) is 0 Å². The van der Waals surface area contributed by atoms with Crippen molar-refractivity contribution >= 4 is 5.95 Å².